The van der Waals surface area contributed by atoms with Gasteiger partial charge in [0.2, 0.25) is 0 Å². The molecule has 208 valence electrons. The van der Waals surface area contributed by atoms with Crippen LogP contribution in [0.5, 0.6) is 0 Å². The molecule has 11 nitrogen and oxygen atoms in total. The Morgan fingerprint density at radius 2 is 1.75 bits per heavy atom. The second-order valence-electron chi connectivity index (χ2n) is 11.2. The predicted molar refractivity (Wildman–Crippen MR) is 153 cm³/mol. The third-order valence-electron chi connectivity index (χ3n) is 6.86. The quantitative estimate of drug-likeness (QED) is 0.317. The highest BCUT2D eigenvalue weighted by atomic mass is 16.6. The number of hydrogen-bond donors (Lipinski definition) is 3. The van der Waals surface area contributed by atoms with Crippen LogP contribution in [0, 0.1) is 6.92 Å². The van der Waals surface area contributed by atoms with Crippen LogP contribution in [0.3, 0.4) is 0 Å². The largest absolute Gasteiger partial charge is 0.444 e. The van der Waals surface area contributed by atoms with E-state index < -0.39 is 11.7 Å². The molecule has 1 fully saturated rings. The monoisotopic (exact) mass is 542 g/mol. The topological polar surface area (TPSA) is 150 Å². The van der Waals surface area contributed by atoms with Gasteiger partial charge in [-0.25, -0.2) is 24.4 Å². The van der Waals surface area contributed by atoms with Crippen LogP contribution in [0.1, 0.15) is 68.4 Å². The molecule has 0 atom stereocenters. The molecule has 0 bridgehead atoms. The number of aryl methyl sites for hydroxylation is 1. The fraction of sp³-hybridized carbons (Fsp3) is 0.379. The van der Waals surface area contributed by atoms with Crippen LogP contribution in [0.25, 0.3) is 22.3 Å². The highest BCUT2D eigenvalue weighted by molar-refractivity contribution is 6.04. The van der Waals surface area contributed by atoms with Crippen molar-refractivity contribution in [3.63, 3.8) is 0 Å². The number of ether oxygens (including phenoxy) is 1. The number of hydrogen-bond acceptors (Lipinski definition) is 8. The summed E-state index contributed by atoms with van der Waals surface area (Å²) in [6, 6.07) is 11.0. The number of nitrogen functional groups attached to an aromatic ring is 1. The molecular weight excluding hydrogens is 508 g/mol. The number of nitrogens with zero attached hydrogens (tertiary/aromatic N) is 5. The number of aromatic nitrogens is 5. The fourth-order valence-electron chi connectivity index (χ4n) is 4.96. The van der Waals surface area contributed by atoms with Crippen LogP contribution in [0.4, 0.5) is 16.4 Å². The van der Waals surface area contributed by atoms with E-state index in [0.29, 0.717) is 33.9 Å². The number of nitrogens with two attached hydrogens (primary N) is 1. The molecule has 0 spiro atoms. The van der Waals surface area contributed by atoms with Crippen molar-refractivity contribution in [3.8, 4) is 11.3 Å². The summed E-state index contributed by atoms with van der Waals surface area (Å²) in [5, 5.41) is 11.4. The Labute approximate surface area is 232 Å². The van der Waals surface area contributed by atoms with E-state index in [1.165, 1.54) is 6.33 Å². The van der Waals surface area contributed by atoms with Crippen molar-refractivity contribution in [2.24, 2.45) is 0 Å². The molecule has 11 heteroatoms. The number of carbonyl (C=O) groups is 2. The fourth-order valence-corrected chi connectivity index (χ4v) is 4.96. The molecule has 3 heterocycles. The first-order chi connectivity index (χ1) is 19.1. The SMILES string of the molecule is Cc1ccnc(NC(=O)c2ccc(-c3nn([C@H]4CC[C@H](NC(=O)OC(C)(C)C)CC4)c4ncnc(N)c34)cc2)c1. The minimum atomic E-state index is -0.536. The third-order valence-corrected chi connectivity index (χ3v) is 6.86. The standard InChI is InChI=1S/C29H34N8O3/c1-17-13-14-31-22(15-17)35-27(38)19-7-5-18(6-8-19)24-23-25(30)32-16-33-26(23)37(36-24)21-11-9-20(10-12-21)34-28(39)40-29(2,3)4/h5-8,13-16,20-21H,9-12H2,1-4H3,(H,34,39)(H2,30,32,33)(H,31,35,38)/t20-,21-. The second kappa shape index (κ2) is 10.9. The number of rotatable bonds is 5. The van der Waals surface area contributed by atoms with Gasteiger partial charge in [0.15, 0.2) is 5.65 Å². The molecule has 40 heavy (non-hydrogen) atoms. The van der Waals surface area contributed by atoms with Gasteiger partial charge >= 0.3 is 6.09 Å². The van der Waals surface area contributed by atoms with E-state index in [1.54, 1.807) is 18.3 Å². The predicted octanol–water partition coefficient (Wildman–Crippen LogP) is 5.04. The first-order valence-corrected chi connectivity index (χ1v) is 13.4. The molecular formula is C29H34N8O3. The zero-order chi connectivity index (χ0) is 28.4. The first kappa shape index (κ1) is 27.0. The van der Waals surface area contributed by atoms with Crippen LogP contribution >= 0.6 is 0 Å². The number of anilines is 2. The zero-order valence-electron chi connectivity index (χ0n) is 23.1. The van der Waals surface area contributed by atoms with E-state index in [9.17, 15) is 9.59 Å². The Balaban J connectivity index is 1.34. The molecule has 0 unspecified atom stereocenters. The van der Waals surface area contributed by atoms with Gasteiger partial charge in [-0.05, 0) is 83.2 Å². The van der Waals surface area contributed by atoms with Crippen molar-refractivity contribution in [1.82, 2.24) is 30.0 Å². The van der Waals surface area contributed by atoms with E-state index >= 15 is 0 Å². The van der Waals surface area contributed by atoms with Gasteiger partial charge in [-0.3, -0.25) is 4.79 Å². The molecule has 2 amide bonds. The molecule has 1 saturated carbocycles. The Hall–Kier alpha value is -4.54. The van der Waals surface area contributed by atoms with Gasteiger partial charge in [0.1, 0.15) is 29.3 Å². The van der Waals surface area contributed by atoms with Crippen molar-refractivity contribution >= 4 is 34.7 Å². The van der Waals surface area contributed by atoms with Gasteiger partial charge in [-0.1, -0.05) is 12.1 Å². The lowest BCUT2D eigenvalue weighted by atomic mass is 9.91. The molecule has 0 aliphatic heterocycles. The van der Waals surface area contributed by atoms with Gasteiger partial charge in [0.05, 0.1) is 11.4 Å². The minimum Gasteiger partial charge on any atom is -0.444 e. The summed E-state index contributed by atoms with van der Waals surface area (Å²) in [7, 11) is 0. The van der Waals surface area contributed by atoms with Crippen molar-refractivity contribution < 1.29 is 14.3 Å². The minimum absolute atomic E-state index is 0.0424. The smallest absolute Gasteiger partial charge is 0.407 e. The maximum Gasteiger partial charge on any atom is 0.407 e. The van der Waals surface area contributed by atoms with Gasteiger partial charge in [-0.15, -0.1) is 0 Å². The van der Waals surface area contributed by atoms with E-state index in [-0.39, 0.29) is 18.0 Å². The first-order valence-electron chi connectivity index (χ1n) is 13.4. The summed E-state index contributed by atoms with van der Waals surface area (Å²) < 4.78 is 7.33. The summed E-state index contributed by atoms with van der Waals surface area (Å²) in [5.74, 6) is 0.596. The molecule has 3 aromatic heterocycles. The lowest BCUT2D eigenvalue weighted by molar-refractivity contribution is 0.0487. The molecule has 1 aromatic carbocycles. The molecule has 1 aliphatic carbocycles. The van der Waals surface area contributed by atoms with Crippen molar-refractivity contribution in [1.29, 1.82) is 0 Å². The average molecular weight is 543 g/mol. The van der Waals surface area contributed by atoms with E-state index in [2.05, 4.69) is 25.6 Å². The summed E-state index contributed by atoms with van der Waals surface area (Å²) in [6.45, 7) is 7.49. The second-order valence-corrected chi connectivity index (χ2v) is 11.2. The summed E-state index contributed by atoms with van der Waals surface area (Å²) in [5.41, 5.74) is 9.40. The van der Waals surface area contributed by atoms with Gasteiger partial charge in [0.25, 0.3) is 5.91 Å². The molecule has 5 rings (SSSR count). The Kier molecular flexibility index (Phi) is 7.38. The third kappa shape index (κ3) is 6.03. The maximum absolute atomic E-state index is 12.8. The lowest BCUT2D eigenvalue weighted by Gasteiger charge is -2.30. The summed E-state index contributed by atoms with van der Waals surface area (Å²) in [6.07, 6.45) is 5.92. The van der Waals surface area contributed by atoms with Crippen molar-refractivity contribution in [2.45, 2.75) is 71.1 Å². The zero-order valence-corrected chi connectivity index (χ0v) is 23.1. The van der Waals surface area contributed by atoms with Crippen LogP contribution in [-0.4, -0.2) is 48.4 Å². The molecule has 0 saturated heterocycles. The number of nitrogens with one attached hydrogen (secondary N) is 2. The average Bonchev–Trinajstić information content (AvgIpc) is 3.29. The van der Waals surface area contributed by atoms with E-state index in [4.69, 9.17) is 15.6 Å². The molecule has 0 radical (unpaired) electrons. The number of amides is 2. The lowest BCUT2D eigenvalue weighted by Crippen LogP contribution is -2.41. The van der Waals surface area contributed by atoms with Crippen LogP contribution in [-0.2, 0) is 4.74 Å². The van der Waals surface area contributed by atoms with E-state index in [0.717, 1.165) is 36.8 Å². The Morgan fingerprint density at radius 3 is 2.42 bits per heavy atom. The number of carbonyl (C=O) groups excluding carboxylic acids is 2. The van der Waals surface area contributed by atoms with Gasteiger partial charge in [-0.2, -0.15) is 5.10 Å². The Bertz CT molecular complexity index is 1530. The normalized spacial score (nSPS) is 17.4. The molecule has 4 N–H and O–H groups in total. The Morgan fingerprint density at radius 1 is 1.02 bits per heavy atom. The van der Waals surface area contributed by atoms with Crippen LogP contribution < -0.4 is 16.4 Å². The number of benzene rings is 1. The van der Waals surface area contributed by atoms with Crippen LogP contribution in [0.15, 0.2) is 48.9 Å². The maximum atomic E-state index is 12.8. The number of pyridine rings is 1. The van der Waals surface area contributed by atoms with Gasteiger partial charge in [0, 0.05) is 23.4 Å². The number of alkyl carbamates (subject to hydrolysis) is 1. The molecule has 1 aliphatic rings. The van der Waals surface area contributed by atoms with E-state index in [1.807, 2.05) is 56.6 Å². The highest BCUT2D eigenvalue weighted by Gasteiger charge is 2.29. The van der Waals surface area contributed by atoms with Crippen LogP contribution in [0.2, 0.25) is 0 Å². The highest BCUT2D eigenvalue weighted by Crippen LogP contribution is 2.36. The van der Waals surface area contributed by atoms with Gasteiger partial charge < -0.3 is 21.1 Å². The number of fused-ring (bicyclic) bond motifs is 1. The summed E-state index contributed by atoms with van der Waals surface area (Å²) >= 11 is 0. The van der Waals surface area contributed by atoms with Crippen molar-refractivity contribution in [2.75, 3.05) is 11.1 Å². The summed E-state index contributed by atoms with van der Waals surface area (Å²) in [4.78, 5) is 37.9. The van der Waals surface area contributed by atoms with Crippen molar-refractivity contribution in [3.05, 3.63) is 60.0 Å². The molecule has 4 aromatic rings.